The molecule has 3 rings (SSSR count). The Bertz CT molecular complexity index is 786. The molecule has 0 atom stereocenters. The summed E-state index contributed by atoms with van der Waals surface area (Å²) >= 11 is 0. The van der Waals surface area contributed by atoms with E-state index in [2.05, 4.69) is 71.0 Å². The number of hydrogen-bond acceptors (Lipinski definition) is 3. The van der Waals surface area contributed by atoms with Crippen LogP contribution in [0.25, 0.3) is 10.8 Å². The second-order valence-corrected chi connectivity index (χ2v) is 6.19. The Labute approximate surface area is 137 Å². The maximum Gasteiger partial charge on any atom is 0.0638 e. The summed E-state index contributed by atoms with van der Waals surface area (Å²) < 4.78 is 2.06. The van der Waals surface area contributed by atoms with Gasteiger partial charge in [-0.3, -0.25) is 14.6 Å². The van der Waals surface area contributed by atoms with Crippen LogP contribution in [0.1, 0.15) is 30.2 Å². The molecule has 4 nitrogen and oxygen atoms in total. The summed E-state index contributed by atoms with van der Waals surface area (Å²) in [7, 11) is 2.16. The van der Waals surface area contributed by atoms with E-state index in [4.69, 9.17) is 0 Å². The molecule has 0 bridgehead atoms. The van der Waals surface area contributed by atoms with Crippen molar-refractivity contribution in [2.45, 2.75) is 39.9 Å². The van der Waals surface area contributed by atoms with Crippen LogP contribution >= 0.6 is 0 Å². The molecule has 0 unspecified atom stereocenters. The fraction of sp³-hybridized carbons (Fsp3) is 0.368. The lowest BCUT2D eigenvalue weighted by Crippen LogP contribution is -2.17. The molecule has 120 valence electrons. The first-order valence-electron chi connectivity index (χ1n) is 8.20. The Kier molecular flexibility index (Phi) is 4.72. The number of pyridine rings is 1. The van der Waals surface area contributed by atoms with E-state index in [0.717, 1.165) is 31.7 Å². The molecule has 0 amide bonds. The number of aryl methyl sites for hydroxylation is 2. The number of nitrogens with zero attached hydrogens (tertiary/aromatic N) is 4. The summed E-state index contributed by atoms with van der Waals surface area (Å²) in [6, 6.07) is 8.53. The van der Waals surface area contributed by atoms with Gasteiger partial charge in [-0.1, -0.05) is 25.1 Å². The van der Waals surface area contributed by atoms with Gasteiger partial charge in [0, 0.05) is 49.2 Å². The molecule has 2 heterocycles. The van der Waals surface area contributed by atoms with Crippen molar-refractivity contribution in [3.63, 3.8) is 0 Å². The monoisotopic (exact) mass is 308 g/mol. The zero-order valence-electron chi connectivity index (χ0n) is 14.2. The summed E-state index contributed by atoms with van der Waals surface area (Å²) in [5.41, 5.74) is 3.78. The largest absolute Gasteiger partial charge is 0.298 e. The van der Waals surface area contributed by atoms with Crippen LogP contribution in [0.5, 0.6) is 0 Å². The Morgan fingerprint density at radius 3 is 2.78 bits per heavy atom. The lowest BCUT2D eigenvalue weighted by Gasteiger charge is -2.17. The zero-order chi connectivity index (χ0) is 16.2. The third-order valence-electron chi connectivity index (χ3n) is 4.15. The van der Waals surface area contributed by atoms with Crippen LogP contribution in [0, 0.1) is 6.92 Å². The molecule has 0 aliphatic rings. The van der Waals surface area contributed by atoms with Gasteiger partial charge in [-0.05, 0) is 37.4 Å². The third-order valence-corrected chi connectivity index (χ3v) is 4.15. The van der Waals surface area contributed by atoms with Gasteiger partial charge < -0.3 is 0 Å². The van der Waals surface area contributed by atoms with Gasteiger partial charge in [-0.25, -0.2) is 0 Å². The SMILES string of the molecule is CCCn1cc(CN(C)Cc2cccc3cnccc23)c(C)n1. The molecule has 0 spiro atoms. The van der Waals surface area contributed by atoms with Crippen LogP contribution in [0.4, 0.5) is 0 Å². The van der Waals surface area contributed by atoms with Gasteiger partial charge in [-0.2, -0.15) is 5.10 Å². The molecule has 0 radical (unpaired) electrons. The maximum absolute atomic E-state index is 4.59. The molecule has 4 heteroatoms. The lowest BCUT2D eigenvalue weighted by molar-refractivity contribution is 0.319. The summed E-state index contributed by atoms with van der Waals surface area (Å²) in [4.78, 5) is 6.55. The first-order chi connectivity index (χ1) is 11.2. The second-order valence-electron chi connectivity index (χ2n) is 6.19. The number of hydrogen-bond donors (Lipinski definition) is 0. The third kappa shape index (κ3) is 3.59. The molecule has 2 aromatic heterocycles. The standard InChI is InChI=1S/C19H24N4/c1-4-10-23-14-18(15(2)21-23)13-22(3)12-17-7-5-6-16-11-20-9-8-19(16)17/h5-9,11,14H,4,10,12-13H2,1-3H3. The molecule has 0 N–H and O–H groups in total. The molecule has 3 aromatic rings. The van der Waals surface area contributed by atoms with Crippen molar-refractivity contribution in [3.8, 4) is 0 Å². The van der Waals surface area contributed by atoms with Crippen LogP contribution in [-0.4, -0.2) is 26.7 Å². The summed E-state index contributed by atoms with van der Waals surface area (Å²) in [5, 5.41) is 7.08. The number of fused-ring (bicyclic) bond motifs is 1. The molecule has 0 aliphatic carbocycles. The van der Waals surface area contributed by atoms with Crippen molar-refractivity contribution in [3.05, 3.63) is 59.7 Å². The van der Waals surface area contributed by atoms with Crippen LogP contribution in [-0.2, 0) is 19.6 Å². The van der Waals surface area contributed by atoms with E-state index in [9.17, 15) is 0 Å². The summed E-state index contributed by atoms with van der Waals surface area (Å²) in [6.45, 7) is 7.09. The van der Waals surface area contributed by atoms with Crippen molar-refractivity contribution in [1.29, 1.82) is 0 Å². The van der Waals surface area contributed by atoms with E-state index in [1.165, 1.54) is 21.9 Å². The highest BCUT2D eigenvalue weighted by atomic mass is 15.3. The normalized spacial score (nSPS) is 11.5. The van der Waals surface area contributed by atoms with Gasteiger partial charge in [0.2, 0.25) is 0 Å². The Morgan fingerprint density at radius 1 is 1.13 bits per heavy atom. The molecule has 0 saturated heterocycles. The number of benzene rings is 1. The Balaban J connectivity index is 1.75. The molecule has 23 heavy (non-hydrogen) atoms. The first-order valence-corrected chi connectivity index (χ1v) is 8.20. The van der Waals surface area contributed by atoms with Crippen LogP contribution in [0.3, 0.4) is 0 Å². The van der Waals surface area contributed by atoms with E-state index in [1.54, 1.807) is 0 Å². The van der Waals surface area contributed by atoms with Crippen LogP contribution in [0.2, 0.25) is 0 Å². The van der Waals surface area contributed by atoms with E-state index >= 15 is 0 Å². The molecular weight excluding hydrogens is 284 g/mol. The molecule has 0 saturated carbocycles. The minimum Gasteiger partial charge on any atom is -0.298 e. The molecule has 0 fully saturated rings. The van der Waals surface area contributed by atoms with E-state index in [0.29, 0.717) is 0 Å². The molecule has 1 aromatic carbocycles. The maximum atomic E-state index is 4.59. The van der Waals surface area contributed by atoms with Crippen LogP contribution < -0.4 is 0 Å². The first kappa shape index (κ1) is 15.7. The van der Waals surface area contributed by atoms with Gasteiger partial charge in [0.25, 0.3) is 0 Å². The average Bonchev–Trinajstić information content (AvgIpc) is 2.87. The Morgan fingerprint density at radius 2 is 1.96 bits per heavy atom. The van der Waals surface area contributed by atoms with Gasteiger partial charge in [-0.15, -0.1) is 0 Å². The molecular formula is C19H24N4. The smallest absolute Gasteiger partial charge is 0.0638 e. The topological polar surface area (TPSA) is 34.0 Å². The Hall–Kier alpha value is -2.20. The van der Waals surface area contributed by atoms with Gasteiger partial charge in [0.1, 0.15) is 0 Å². The van der Waals surface area contributed by atoms with Gasteiger partial charge in [0.15, 0.2) is 0 Å². The second kappa shape index (κ2) is 6.92. The highest BCUT2D eigenvalue weighted by Crippen LogP contribution is 2.19. The van der Waals surface area contributed by atoms with Crippen molar-refractivity contribution in [2.24, 2.45) is 0 Å². The predicted molar refractivity (Wildman–Crippen MR) is 94.2 cm³/mol. The predicted octanol–water partition coefficient (Wildman–Crippen LogP) is 3.78. The highest BCUT2D eigenvalue weighted by Gasteiger charge is 2.09. The average molecular weight is 308 g/mol. The van der Waals surface area contributed by atoms with Crippen molar-refractivity contribution in [2.75, 3.05) is 7.05 Å². The zero-order valence-corrected chi connectivity index (χ0v) is 14.2. The van der Waals surface area contributed by atoms with Crippen LogP contribution in [0.15, 0.2) is 42.9 Å². The fourth-order valence-corrected chi connectivity index (χ4v) is 3.02. The minimum atomic E-state index is 0.914. The van der Waals surface area contributed by atoms with Crippen molar-refractivity contribution >= 4 is 10.8 Å². The molecule has 0 aliphatic heterocycles. The van der Waals surface area contributed by atoms with Crippen molar-refractivity contribution < 1.29 is 0 Å². The van der Waals surface area contributed by atoms with Crippen molar-refractivity contribution in [1.82, 2.24) is 19.7 Å². The summed E-state index contributed by atoms with van der Waals surface area (Å²) in [5.74, 6) is 0. The summed E-state index contributed by atoms with van der Waals surface area (Å²) in [6.07, 6.45) is 7.09. The lowest BCUT2D eigenvalue weighted by atomic mass is 10.1. The van der Waals surface area contributed by atoms with Gasteiger partial charge in [0.05, 0.1) is 5.69 Å². The fourth-order valence-electron chi connectivity index (χ4n) is 3.02. The van der Waals surface area contributed by atoms with E-state index in [1.807, 2.05) is 12.4 Å². The quantitative estimate of drug-likeness (QED) is 0.695. The van der Waals surface area contributed by atoms with E-state index in [-0.39, 0.29) is 0 Å². The highest BCUT2D eigenvalue weighted by molar-refractivity contribution is 5.84. The van der Waals surface area contributed by atoms with Gasteiger partial charge >= 0.3 is 0 Å². The van der Waals surface area contributed by atoms with E-state index < -0.39 is 0 Å². The number of rotatable bonds is 6. The number of aromatic nitrogens is 3. The minimum absolute atomic E-state index is 0.914.